The SMILES string of the molecule is CN(CCN1CCN(c2cc(OCCO)ccc2F)CC1)c1nc(N)n2nc(-c3ccco3)nc2n1. The normalized spacial score (nSPS) is 14.5. The van der Waals surface area contributed by atoms with Gasteiger partial charge < -0.3 is 29.8 Å². The molecule has 0 bridgehead atoms. The summed E-state index contributed by atoms with van der Waals surface area (Å²) in [7, 11) is 1.90. The first-order valence-corrected chi connectivity index (χ1v) is 11.7. The Labute approximate surface area is 206 Å². The number of aliphatic hydroxyl groups is 1. The van der Waals surface area contributed by atoms with Gasteiger partial charge in [-0.2, -0.15) is 19.5 Å². The maximum Gasteiger partial charge on any atom is 0.259 e. The van der Waals surface area contributed by atoms with Crippen LogP contribution in [0, 0.1) is 5.82 Å². The molecule has 0 saturated carbocycles. The first-order chi connectivity index (χ1) is 17.5. The molecule has 0 atom stereocenters. The molecule has 1 fully saturated rings. The molecule has 0 amide bonds. The second-order valence-corrected chi connectivity index (χ2v) is 8.44. The Kier molecular flexibility index (Phi) is 6.82. The fourth-order valence-corrected chi connectivity index (χ4v) is 4.07. The highest BCUT2D eigenvalue weighted by Gasteiger charge is 2.21. The van der Waals surface area contributed by atoms with Gasteiger partial charge in [0.1, 0.15) is 18.2 Å². The van der Waals surface area contributed by atoms with Gasteiger partial charge in [-0.1, -0.05) is 0 Å². The molecule has 12 nitrogen and oxygen atoms in total. The lowest BCUT2D eigenvalue weighted by molar-refractivity contribution is 0.201. The van der Waals surface area contributed by atoms with Crippen LogP contribution in [0.3, 0.4) is 0 Å². The third kappa shape index (κ3) is 5.02. The summed E-state index contributed by atoms with van der Waals surface area (Å²) in [6.45, 7) is 4.50. The molecule has 0 radical (unpaired) electrons. The van der Waals surface area contributed by atoms with E-state index in [0.717, 1.165) is 19.6 Å². The molecule has 190 valence electrons. The first-order valence-electron chi connectivity index (χ1n) is 11.7. The molecule has 0 spiro atoms. The number of ether oxygens (including phenoxy) is 1. The second-order valence-electron chi connectivity index (χ2n) is 8.44. The summed E-state index contributed by atoms with van der Waals surface area (Å²) in [5.74, 6) is 2.17. The van der Waals surface area contributed by atoms with Gasteiger partial charge in [0.15, 0.2) is 5.76 Å². The van der Waals surface area contributed by atoms with Gasteiger partial charge in [0.2, 0.25) is 17.7 Å². The van der Waals surface area contributed by atoms with Crippen LogP contribution >= 0.6 is 0 Å². The number of halogens is 1. The lowest BCUT2D eigenvalue weighted by Gasteiger charge is -2.36. The van der Waals surface area contributed by atoms with E-state index in [9.17, 15) is 4.39 Å². The van der Waals surface area contributed by atoms with Gasteiger partial charge in [-0.05, 0) is 24.3 Å². The standard InChI is InChI=1S/C23H28FN9O3/c1-30(22-27-21(25)33-23(28-22)26-20(29-33)19-3-2-13-36-19)6-7-31-8-10-32(11-9-31)18-15-16(35-14-12-34)4-5-17(18)24/h2-5,13,15,34H,6-12,14H2,1H3,(H2,25,26,27,28,29). The first kappa shape index (κ1) is 23.8. The Hall–Kier alpha value is -3.97. The van der Waals surface area contributed by atoms with Crippen LogP contribution in [0.2, 0.25) is 0 Å². The maximum absolute atomic E-state index is 14.4. The molecule has 4 heterocycles. The zero-order valence-corrected chi connectivity index (χ0v) is 19.9. The zero-order chi connectivity index (χ0) is 25.1. The summed E-state index contributed by atoms with van der Waals surface area (Å²) in [4.78, 5) is 19.5. The molecule has 5 rings (SSSR count). The fourth-order valence-electron chi connectivity index (χ4n) is 4.07. The zero-order valence-electron chi connectivity index (χ0n) is 19.9. The molecule has 1 aromatic carbocycles. The van der Waals surface area contributed by atoms with Crippen LogP contribution in [0.5, 0.6) is 5.75 Å². The van der Waals surface area contributed by atoms with Gasteiger partial charge in [0, 0.05) is 52.4 Å². The van der Waals surface area contributed by atoms with Crippen molar-refractivity contribution < 1.29 is 18.7 Å². The monoisotopic (exact) mass is 497 g/mol. The Morgan fingerprint density at radius 2 is 2.00 bits per heavy atom. The summed E-state index contributed by atoms with van der Waals surface area (Å²) in [5, 5.41) is 13.3. The van der Waals surface area contributed by atoms with Crippen molar-refractivity contribution in [3.63, 3.8) is 0 Å². The number of anilines is 3. The summed E-state index contributed by atoms with van der Waals surface area (Å²) in [5.41, 5.74) is 6.62. The molecule has 1 aliphatic rings. The Morgan fingerprint density at radius 3 is 2.75 bits per heavy atom. The van der Waals surface area contributed by atoms with E-state index < -0.39 is 0 Å². The van der Waals surface area contributed by atoms with E-state index in [-0.39, 0.29) is 25.0 Å². The number of fused-ring (bicyclic) bond motifs is 1. The van der Waals surface area contributed by atoms with Crippen LogP contribution in [-0.4, -0.2) is 94.1 Å². The molecular formula is C23H28FN9O3. The van der Waals surface area contributed by atoms with Gasteiger partial charge in [-0.3, -0.25) is 4.90 Å². The summed E-state index contributed by atoms with van der Waals surface area (Å²) >= 11 is 0. The highest BCUT2D eigenvalue weighted by Crippen LogP contribution is 2.26. The van der Waals surface area contributed by atoms with Crippen molar-refractivity contribution in [1.82, 2.24) is 29.5 Å². The van der Waals surface area contributed by atoms with Crippen molar-refractivity contribution in [2.45, 2.75) is 0 Å². The van der Waals surface area contributed by atoms with Crippen molar-refractivity contribution >= 4 is 23.4 Å². The highest BCUT2D eigenvalue weighted by molar-refractivity contribution is 5.54. The summed E-state index contributed by atoms with van der Waals surface area (Å²) in [6, 6.07) is 8.19. The smallest absolute Gasteiger partial charge is 0.259 e. The summed E-state index contributed by atoms with van der Waals surface area (Å²) < 4.78 is 26.6. The minimum Gasteiger partial charge on any atom is -0.491 e. The molecule has 0 aliphatic carbocycles. The van der Waals surface area contributed by atoms with Crippen LogP contribution in [0.1, 0.15) is 0 Å². The Morgan fingerprint density at radius 1 is 1.17 bits per heavy atom. The molecule has 36 heavy (non-hydrogen) atoms. The topological polar surface area (TPSA) is 134 Å². The molecule has 1 saturated heterocycles. The number of aromatic nitrogens is 5. The quantitative estimate of drug-likeness (QED) is 0.345. The minimum atomic E-state index is -0.284. The number of piperazine rings is 1. The number of hydrogen-bond donors (Lipinski definition) is 2. The molecule has 3 N–H and O–H groups in total. The number of nitrogens with zero attached hydrogens (tertiary/aromatic N) is 8. The number of rotatable bonds is 9. The van der Waals surface area contributed by atoms with Crippen LogP contribution in [0.4, 0.5) is 22.0 Å². The van der Waals surface area contributed by atoms with Crippen LogP contribution in [-0.2, 0) is 0 Å². The van der Waals surface area contributed by atoms with E-state index in [0.29, 0.717) is 54.4 Å². The van der Waals surface area contributed by atoms with E-state index in [1.165, 1.54) is 10.6 Å². The van der Waals surface area contributed by atoms with Gasteiger partial charge in [-0.25, -0.2) is 4.39 Å². The van der Waals surface area contributed by atoms with E-state index in [1.807, 2.05) is 16.8 Å². The van der Waals surface area contributed by atoms with Crippen molar-refractivity contribution in [2.24, 2.45) is 0 Å². The van der Waals surface area contributed by atoms with E-state index in [2.05, 4.69) is 25.0 Å². The van der Waals surface area contributed by atoms with Crippen molar-refractivity contribution in [2.75, 3.05) is 75.1 Å². The lowest BCUT2D eigenvalue weighted by atomic mass is 10.2. The molecule has 1 aliphatic heterocycles. The van der Waals surface area contributed by atoms with Gasteiger partial charge in [0.25, 0.3) is 5.78 Å². The molecule has 13 heteroatoms. The van der Waals surface area contributed by atoms with Crippen LogP contribution < -0.4 is 20.3 Å². The number of nitrogen functional groups attached to an aromatic ring is 1. The number of nitrogens with two attached hydrogens (primary N) is 1. The average Bonchev–Trinajstić information content (AvgIpc) is 3.57. The Balaban J connectivity index is 1.18. The van der Waals surface area contributed by atoms with E-state index in [4.69, 9.17) is 20.0 Å². The van der Waals surface area contributed by atoms with Crippen LogP contribution in [0.25, 0.3) is 17.4 Å². The number of likely N-dealkylation sites (N-methyl/N-ethyl adjacent to an activating group) is 1. The highest BCUT2D eigenvalue weighted by atomic mass is 19.1. The number of benzene rings is 1. The predicted octanol–water partition coefficient (Wildman–Crippen LogP) is 1.13. The van der Waals surface area contributed by atoms with E-state index in [1.54, 1.807) is 30.5 Å². The molecule has 4 aromatic rings. The molecule has 0 unspecified atom stereocenters. The third-order valence-corrected chi connectivity index (χ3v) is 6.05. The number of furan rings is 1. The predicted molar refractivity (Wildman–Crippen MR) is 132 cm³/mol. The van der Waals surface area contributed by atoms with Gasteiger partial charge in [0.05, 0.1) is 18.6 Å². The van der Waals surface area contributed by atoms with Gasteiger partial charge in [-0.15, -0.1) is 5.10 Å². The van der Waals surface area contributed by atoms with Gasteiger partial charge >= 0.3 is 0 Å². The number of aliphatic hydroxyl groups excluding tert-OH is 1. The number of hydrogen-bond acceptors (Lipinski definition) is 11. The summed E-state index contributed by atoms with van der Waals surface area (Å²) in [6.07, 6.45) is 1.55. The average molecular weight is 498 g/mol. The second kappa shape index (κ2) is 10.3. The lowest BCUT2D eigenvalue weighted by Crippen LogP contribution is -2.48. The molecule has 3 aromatic heterocycles. The minimum absolute atomic E-state index is 0.0870. The largest absolute Gasteiger partial charge is 0.491 e. The Bertz CT molecular complexity index is 1310. The fraction of sp³-hybridized carbons (Fsp3) is 0.391. The van der Waals surface area contributed by atoms with Crippen molar-refractivity contribution in [1.29, 1.82) is 0 Å². The van der Waals surface area contributed by atoms with Crippen LogP contribution in [0.15, 0.2) is 41.0 Å². The van der Waals surface area contributed by atoms with Crippen molar-refractivity contribution in [3.05, 3.63) is 42.4 Å². The third-order valence-electron chi connectivity index (χ3n) is 6.05. The van der Waals surface area contributed by atoms with E-state index >= 15 is 0 Å². The maximum atomic E-state index is 14.4. The molecular weight excluding hydrogens is 469 g/mol. The van der Waals surface area contributed by atoms with Crippen molar-refractivity contribution in [3.8, 4) is 17.3 Å².